The Morgan fingerprint density at radius 2 is 2.17 bits per heavy atom. The summed E-state index contributed by atoms with van der Waals surface area (Å²) in [5.41, 5.74) is 3.15. The Balaban J connectivity index is 1.87. The highest BCUT2D eigenvalue weighted by atomic mass is 32.1. The minimum absolute atomic E-state index is 0.135. The first-order valence-corrected chi connectivity index (χ1v) is 9.22. The lowest BCUT2D eigenvalue weighted by Crippen LogP contribution is -2.60. The maximum Gasteiger partial charge on any atom is 0.311 e. The van der Waals surface area contributed by atoms with E-state index in [4.69, 9.17) is 0 Å². The number of nitrogens with one attached hydrogen (secondary N) is 1. The zero-order valence-electron chi connectivity index (χ0n) is 12.8. The molecule has 0 spiro atoms. The summed E-state index contributed by atoms with van der Waals surface area (Å²) >= 11 is 1.71. The lowest BCUT2D eigenvalue weighted by atomic mass is 9.42. The van der Waals surface area contributed by atoms with Crippen molar-refractivity contribution in [2.45, 2.75) is 24.2 Å². The highest BCUT2D eigenvalue weighted by molar-refractivity contribution is 7.08. The first-order valence-electron chi connectivity index (χ1n) is 8.27. The summed E-state index contributed by atoms with van der Waals surface area (Å²) in [6.07, 6.45) is 2.03. The van der Waals surface area contributed by atoms with Crippen LogP contribution >= 0.6 is 11.3 Å². The molecule has 4 unspecified atom stereocenters. The summed E-state index contributed by atoms with van der Waals surface area (Å²) in [7, 11) is 0. The zero-order chi connectivity index (χ0) is 15.7. The Hall–Kier alpha value is -1.65. The van der Waals surface area contributed by atoms with Crippen molar-refractivity contribution in [2.24, 2.45) is 11.3 Å². The minimum Gasteiger partial charge on any atom is -0.481 e. The Morgan fingerprint density at radius 1 is 1.30 bits per heavy atom. The zero-order valence-corrected chi connectivity index (χ0v) is 13.6. The van der Waals surface area contributed by atoms with Gasteiger partial charge in [0.25, 0.3) is 0 Å². The number of rotatable bonds is 2. The first kappa shape index (κ1) is 13.8. The maximum atomic E-state index is 12.4. The van der Waals surface area contributed by atoms with Crippen molar-refractivity contribution in [3.05, 3.63) is 57.8 Å². The molecule has 2 heterocycles. The number of carboxylic acids is 1. The summed E-state index contributed by atoms with van der Waals surface area (Å²) in [5, 5.41) is 18.0. The van der Waals surface area contributed by atoms with Crippen LogP contribution in [0, 0.1) is 11.3 Å². The first-order chi connectivity index (χ1) is 11.2. The Morgan fingerprint density at radius 3 is 2.96 bits per heavy atom. The van der Waals surface area contributed by atoms with Gasteiger partial charge in [-0.25, -0.2) is 0 Å². The SMILES string of the molecule is O=C(O)C12CNCC1C1(c3ccsc3)CCC2c2ccccc21. The summed E-state index contributed by atoms with van der Waals surface area (Å²) in [6.45, 7) is 1.39. The molecule has 1 aromatic carbocycles. The quantitative estimate of drug-likeness (QED) is 0.891. The number of benzene rings is 1. The van der Waals surface area contributed by atoms with Crippen molar-refractivity contribution in [1.82, 2.24) is 5.32 Å². The number of thiophene rings is 1. The van der Waals surface area contributed by atoms with E-state index in [0.717, 1.165) is 19.4 Å². The fraction of sp³-hybridized carbons (Fsp3) is 0.421. The highest BCUT2D eigenvalue weighted by Gasteiger charge is 2.68. The molecule has 3 aliphatic carbocycles. The second kappa shape index (κ2) is 4.46. The van der Waals surface area contributed by atoms with Crippen LogP contribution in [-0.2, 0) is 10.2 Å². The monoisotopic (exact) mass is 325 g/mol. The van der Waals surface area contributed by atoms with Gasteiger partial charge in [0.15, 0.2) is 0 Å². The minimum atomic E-state index is -0.658. The van der Waals surface area contributed by atoms with Crippen molar-refractivity contribution in [1.29, 1.82) is 0 Å². The molecule has 3 nitrogen and oxygen atoms in total. The molecule has 2 N–H and O–H groups in total. The van der Waals surface area contributed by atoms with Gasteiger partial charge in [-0.1, -0.05) is 24.3 Å². The highest BCUT2D eigenvalue weighted by Crippen LogP contribution is 2.67. The van der Waals surface area contributed by atoms with Crippen LogP contribution in [0.4, 0.5) is 0 Å². The van der Waals surface area contributed by atoms with Crippen molar-refractivity contribution in [2.75, 3.05) is 13.1 Å². The molecule has 1 saturated heterocycles. The maximum absolute atomic E-state index is 12.4. The van der Waals surface area contributed by atoms with Gasteiger partial charge in [-0.2, -0.15) is 11.3 Å². The van der Waals surface area contributed by atoms with E-state index in [1.807, 2.05) is 0 Å². The number of fused-ring (bicyclic) bond motifs is 1. The van der Waals surface area contributed by atoms with E-state index in [9.17, 15) is 9.90 Å². The van der Waals surface area contributed by atoms with Crippen molar-refractivity contribution < 1.29 is 9.90 Å². The lowest BCUT2D eigenvalue weighted by Gasteiger charge is -2.59. The van der Waals surface area contributed by atoms with Crippen molar-refractivity contribution in [3.8, 4) is 0 Å². The van der Waals surface area contributed by atoms with Crippen molar-refractivity contribution in [3.63, 3.8) is 0 Å². The van der Waals surface area contributed by atoms with Gasteiger partial charge in [0, 0.05) is 30.3 Å². The van der Waals surface area contributed by atoms with Crippen LogP contribution in [0.15, 0.2) is 41.1 Å². The van der Waals surface area contributed by atoms with E-state index in [-0.39, 0.29) is 17.3 Å². The predicted octanol–water partition coefficient (Wildman–Crippen LogP) is 3.22. The van der Waals surface area contributed by atoms with Gasteiger partial charge >= 0.3 is 5.97 Å². The third-order valence-electron chi connectivity index (χ3n) is 6.68. The van der Waals surface area contributed by atoms with E-state index in [1.54, 1.807) is 11.3 Å². The molecule has 23 heavy (non-hydrogen) atoms. The van der Waals surface area contributed by atoms with Gasteiger partial charge in [0.1, 0.15) is 0 Å². The molecule has 4 heteroatoms. The molecule has 2 bridgehead atoms. The molecule has 4 aliphatic rings. The lowest BCUT2D eigenvalue weighted by molar-refractivity contribution is -0.157. The molecule has 0 amide bonds. The third-order valence-corrected chi connectivity index (χ3v) is 7.37. The number of hydrogen-bond acceptors (Lipinski definition) is 3. The van der Waals surface area contributed by atoms with Crippen molar-refractivity contribution >= 4 is 17.3 Å². The molecular formula is C19H19NO2S. The van der Waals surface area contributed by atoms with Gasteiger partial charge in [-0.3, -0.25) is 4.79 Å². The van der Waals surface area contributed by atoms with Gasteiger partial charge in [-0.15, -0.1) is 0 Å². The molecule has 118 valence electrons. The molecule has 2 fully saturated rings. The molecule has 1 aliphatic heterocycles. The second-order valence-electron chi connectivity index (χ2n) is 7.19. The van der Waals surface area contributed by atoms with Crippen LogP contribution in [0.2, 0.25) is 0 Å². The number of hydrogen-bond donors (Lipinski definition) is 2. The molecule has 1 aromatic heterocycles. The number of carbonyl (C=O) groups is 1. The standard InChI is InChI=1S/C19H19NO2S/c21-17(22)19-11-20-9-16(19)18(12-6-8-23-10-12)7-5-15(19)13-3-1-2-4-14(13)18/h1-4,6,8,10,15-16,20H,5,7,9,11H2,(H,21,22). The van der Waals surface area contributed by atoms with Gasteiger partial charge in [0.2, 0.25) is 0 Å². The van der Waals surface area contributed by atoms with Crippen LogP contribution < -0.4 is 5.32 Å². The predicted molar refractivity (Wildman–Crippen MR) is 89.9 cm³/mol. The Bertz CT molecular complexity index is 786. The Labute approximate surface area is 139 Å². The van der Waals surface area contributed by atoms with Gasteiger partial charge in [-0.05, 0) is 46.4 Å². The number of aliphatic carboxylic acids is 1. The second-order valence-corrected chi connectivity index (χ2v) is 7.97. The molecule has 0 radical (unpaired) electrons. The summed E-state index contributed by atoms with van der Waals surface area (Å²) in [4.78, 5) is 12.4. The largest absolute Gasteiger partial charge is 0.481 e. The van der Waals surface area contributed by atoms with Crippen LogP contribution in [0.25, 0.3) is 0 Å². The summed E-state index contributed by atoms with van der Waals surface area (Å²) < 4.78 is 0. The topological polar surface area (TPSA) is 49.3 Å². The third kappa shape index (κ3) is 1.42. The Kier molecular flexibility index (Phi) is 2.67. The average Bonchev–Trinajstić information content (AvgIpc) is 3.26. The molecule has 6 rings (SSSR count). The summed E-state index contributed by atoms with van der Waals surface area (Å²) in [5.74, 6) is -0.348. The smallest absolute Gasteiger partial charge is 0.311 e. The molecule has 4 atom stereocenters. The van der Waals surface area contributed by atoms with Crippen LogP contribution in [0.1, 0.15) is 35.4 Å². The van der Waals surface area contributed by atoms with Crippen LogP contribution in [0.5, 0.6) is 0 Å². The van der Waals surface area contributed by atoms with Crippen LogP contribution in [0.3, 0.4) is 0 Å². The van der Waals surface area contributed by atoms with E-state index < -0.39 is 11.4 Å². The van der Waals surface area contributed by atoms with Gasteiger partial charge < -0.3 is 10.4 Å². The summed E-state index contributed by atoms with van der Waals surface area (Å²) in [6, 6.07) is 10.8. The van der Waals surface area contributed by atoms with E-state index in [2.05, 4.69) is 46.4 Å². The van der Waals surface area contributed by atoms with Gasteiger partial charge in [0.05, 0.1) is 5.41 Å². The fourth-order valence-corrected chi connectivity index (χ4v) is 6.61. The van der Waals surface area contributed by atoms with E-state index >= 15 is 0 Å². The molecule has 2 aromatic rings. The van der Waals surface area contributed by atoms with Crippen LogP contribution in [-0.4, -0.2) is 24.2 Å². The van der Waals surface area contributed by atoms with E-state index in [1.165, 1.54) is 16.7 Å². The number of carboxylic acid groups (broad SMARTS) is 1. The molecule has 1 saturated carbocycles. The average molecular weight is 325 g/mol. The van der Waals surface area contributed by atoms with E-state index in [0.29, 0.717) is 6.54 Å². The molecular weight excluding hydrogens is 306 g/mol. The fourth-order valence-electron chi connectivity index (χ4n) is 5.87. The normalized spacial score (nSPS) is 37.4.